The van der Waals surface area contributed by atoms with Crippen LogP contribution in [0, 0.1) is 5.92 Å². The van der Waals surface area contributed by atoms with Crippen molar-refractivity contribution in [2.45, 2.75) is 19.8 Å². The summed E-state index contributed by atoms with van der Waals surface area (Å²) in [6.45, 7) is 2.13. The Morgan fingerprint density at radius 2 is 2.24 bits per heavy atom. The number of fused-ring (bicyclic) bond motifs is 1. The second-order valence-corrected chi connectivity index (χ2v) is 4.51. The molecular formula is C14H16O3. The molecule has 3 heteroatoms. The van der Waals surface area contributed by atoms with E-state index in [9.17, 15) is 4.79 Å². The fourth-order valence-electron chi connectivity index (χ4n) is 2.46. The summed E-state index contributed by atoms with van der Waals surface area (Å²) >= 11 is 0. The third kappa shape index (κ3) is 2.33. The van der Waals surface area contributed by atoms with Gasteiger partial charge in [-0.15, -0.1) is 0 Å². The zero-order valence-corrected chi connectivity index (χ0v) is 10.1. The van der Waals surface area contributed by atoms with Gasteiger partial charge < -0.3 is 9.84 Å². The number of methoxy groups -OCH3 is 1. The highest BCUT2D eigenvalue weighted by molar-refractivity contribution is 5.91. The van der Waals surface area contributed by atoms with Gasteiger partial charge in [-0.2, -0.15) is 0 Å². The van der Waals surface area contributed by atoms with Crippen LogP contribution in [0.5, 0.6) is 5.75 Å². The molecule has 1 N–H and O–H groups in total. The number of aliphatic carboxylic acids is 1. The van der Waals surface area contributed by atoms with E-state index in [-0.39, 0.29) is 0 Å². The summed E-state index contributed by atoms with van der Waals surface area (Å²) in [6, 6.07) is 5.80. The molecule has 0 saturated heterocycles. The lowest BCUT2D eigenvalue weighted by Crippen LogP contribution is -2.12. The van der Waals surface area contributed by atoms with Crippen LogP contribution in [0.2, 0.25) is 0 Å². The average Bonchev–Trinajstić information content (AvgIpc) is 2.27. The molecule has 1 aromatic carbocycles. The largest absolute Gasteiger partial charge is 0.496 e. The van der Waals surface area contributed by atoms with Gasteiger partial charge in [0, 0.05) is 11.6 Å². The minimum Gasteiger partial charge on any atom is -0.496 e. The maximum atomic E-state index is 10.8. The van der Waals surface area contributed by atoms with Crippen LogP contribution >= 0.6 is 0 Å². The molecule has 0 aromatic heterocycles. The van der Waals surface area contributed by atoms with Gasteiger partial charge in [0.05, 0.1) is 7.11 Å². The topological polar surface area (TPSA) is 46.5 Å². The quantitative estimate of drug-likeness (QED) is 0.797. The molecule has 3 nitrogen and oxygen atoms in total. The Balaban J connectivity index is 2.54. The predicted octanol–water partition coefficient (Wildman–Crippen LogP) is 2.75. The van der Waals surface area contributed by atoms with Gasteiger partial charge in [-0.1, -0.05) is 19.1 Å². The van der Waals surface area contributed by atoms with Gasteiger partial charge in [-0.3, -0.25) is 0 Å². The summed E-state index contributed by atoms with van der Waals surface area (Å²) in [5.74, 6) is 0.414. The van der Waals surface area contributed by atoms with Crippen molar-refractivity contribution in [3.05, 3.63) is 35.4 Å². The van der Waals surface area contributed by atoms with Crippen molar-refractivity contribution >= 4 is 11.5 Å². The Hall–Kier alpha value is -1.77. The van der Waals surface area contributed by atoms with E-state index in [2.05, 4.69) is 6.92 Å². The standard InChI is InChI=1S/C14H16O3/c1-9-6-10(8-14(15)16)11-4-3-5-13(17-2)12(11)7-9/h3-5,8-9H,6-7H2,1-2H3,(H,15,16)/b10-8+. The molecule has 0 heterocycles. The second-order valence-electron chi connectivity index (χ2n) is 4.51. The fourth-order valence-corrected chi connectivity index (χ4v) is 2.46. The van der Waals surface area contributed by atoms with Crippen LogP contribution in [-0.2, 0) is 11.2 Å². The maximum absolute atomic E-state index is 10.8. The SMILES string of the molecule is COc1cccc2c1CC(C)C/C2=C\C(=O)O. The first-order chi connectivity index (χ1) is 8.11. The number of rotatable bonds is 2. The Bertz CT molecular complexity index is 474. The van der Waals surface area contributed by atoms with Gasteiger partial charge in [0.2, 0.25) is 0 Å². The van der Waals surface area contributed by atoms with Crippen molar-refractivity contribution in [2.75, 3.05) is 7.11 Å². The molecule has 1 atom stereocenters. The normalized spacial score (nSPS) is 21.1. The van der Waals surface area contributed by atoms with Gasteiger partial charge in [-0.25, -0.2) is 4.79 Å². The van der Waals surface area contributed by atoms with Crippen LogP contribution in [0.4, 0.5) is 0 Å². The summed E-state index contributed by atoms with van der Waals surface area (Å²) in [6.07, 6.45) is 3.07. The van der Waals surface area contributed by atoms with Crippen molar-refractivity contribution in [2.24, 2.45) is 5.92 Å². The molecule has 1 unspecified atom stereocenters. The highest BCUT2D eigenvalue weighted by atomic mass is 16.5. The molecule has 2 rings (SSSR count). The van der Waals surface area contributed by atoms with Crippen LogP contribution in [0.3, 0.4) is 0 Å². The highest BCUT2D eigenvalue weighted by Crippen LogP contribution is 2.38. The summed E-state index contributed by atoms with van der Waals surface area (Å²) in [5.41, 5.74) is 3.04. The zero-order chi connectivity index (χ0) is 12.4. The van der Waals surface area contributed by atoms with E-state index in [1.54, 1.807) is 7.11 Å². The first-order valence-corrected chi connectivity index (χ1v) is 5.71. The molecule has 17 heavy (non-hydrogen) atoms. The number of benzene rings is 1. The maximum Gasteiger partial charge on any atom is 0.328 e. The van der Waals surface area contributed by atoms with E-state index >= 15 is 0 Å². The first-order valence-electron chi connectivity index (χ1n) is 5.71. The number of hydrogen-bond acceptors (Lipinski definition) is 2. The Kier molecular flexibility index (Phi) is 3.18. The van der Waals surface area contributed by atoms with Gasteiger partial charge in [0.1, 0.15) is 5.75 Å². The van der Waals surface area contributed by atoms with E-state index in [1.807, 2.05) is 18.2 Å². The fraction of sp³-hybridized carbons (Fsp3) is 0.357. The average molecular weight is 232 g/mol. The Morgan fingerprint density at radius 3 is 2.88 bits per heavy atom. The van der Waals surface area contributed by atoms with E-state index in [0.29, 0.717) is 5.92 Å². The molecule has 0 radical (unpaired) electrons. The lowest BCUT2D eigenvalue weighted by molar-refractivity contribution is -0.131. The third-order valence-electron chi connectivity index (χ3n) is 3.12. The molecule has 0 saturated carbocycles. The Labute approximate surface area is 101 Å². The number of carboxylic acids is 1. The smallest absolute Gasteiger partial charge is 0.328 e. The van der Waals surface area contributed by atoms with Gasteiger partial charge in [0.15, 0.2) is 0 Å². The van der Waals surface area contributed by atoms with Crippen molar-refractivity contribution in [1.29, 1.82) is 0 Å². The molecule has 0 spiro atoms. The van der Waals surface area contributed by atoms with Crippen LogP contribution in [0.15, 0.2) is 24.3 Å². The van der Waals surface area contributed by atoms with Gasteiger partial charge in [-0.05, 0) is 36.0 Å². The van der Waals surface area contributed by atoms with E-state index < -0.39 is 5.97 Å². The second kappa shape index (κ2) is 4.62. The molecule has 0 fully saturated rings. The van der Waals surface area contributed by atoms with Crippen LogP contribution in [0.1, 0.15) is 24.5 Å². The van der Waals surface area contributed by atoms with Crippen molar-refractivity contribution in [3.63, 3.8) is 0 Å². The predicted molar refractivity (Wildman–Crippen MR) is 66.1 cm³/mol. The molecule has 1 aliphatic carbocycles. The lowest BCUT2D eigenvalue weighted by Gasteiger charge is -2.25. The number of carbonyl (C=O) groups is 1. The highest BCUT2D eigenvalue weighted by Gasteiger charge is 2.22. The summed E-state index contributed by atoms with van der Waals surface area (Å²) in [4.78, 5) is 10.8. The summed E-state index contributed by atoms with van der Waals surface area (Å²) in [7, 11) is 1.65. The van der Waals surface area contributed by atoms with Crippen molar-refractivity contribution < 1.29 is 14.6 Å². The monoisotopic (exact) mass is 232 g/mol. The third-order valence-corrected chi connectivity index (χ3v) is 3.12. The number of ether oxygens (including phenoxy) is 1. The van der Waals surface area contributed by atoms with Crippen molar-refractivity contribution in [1.82, 2.24) is 0 Å². The molecule has 1 aromatic rings. The molecule has 0 aliphatic heterocycles. The molecule has 90 valence electrons. The van der Waals surface area contributed by atoms with Gasteiger partial charge >= 0.3 is 5.97 Å². The molecular weight excluding hydrogens is 216 g/mol. The number of hydrogen-bond donors (Lipinski definition) is 1. The lowest BCUT2D eigenvalue weighted by atomic mass is 9.81. The van der Waals surface area contributed by atoms with Gasteiger partial charge in [0.25, 0.3) is 0 Å². The summed E-state index contributed by atoms with van der Waals surface area (Å²) < 4.78 is 5.34. The molecule has 0 bridgehead atoms. The van der Waals surface area contributed by atoms with E-state index in [0.717, 1.165) is 35.3 Å². The molecule has 0 amide bonds. The first kappa shape index (κ1) is 11.7. The minimum absolute atomic E-state index is 0.449. The number of allylic oxidation sites excluding steroid dienone is 1. The zero-order valence-electron chi connectivity index (χ0n) is 10.1. The molecule has 1 aliphatic rings. The van der Waals surface area contributed by atoms with Crippen molar-refractivity contribution in [3.8, 4) is 5.75 Å². The number of carboxylic acid groups (broad SMARTS) is 1. The van der Waals surface area contributed by atoms with E-state index in [1.165, 1.54) is 6.08 Å². The summed E-state index contributed by atoms with van der Waals surface area (Å²) in [5, 5.41) is 8.90. The van der Waals surface area contributed by atoms with Crippen LogP contribution < -0.4 is 4.74 Å². The minimum atomic E-state index is -0.886. The van der Waals surface area contributed by atoms with Crippen LogP contribution in [0.25, 0.3) is 5.57 Å². The van der Waals surface area contributed by atoms with E-state index in [4.69, 9.17) is 9.84 Å². The Morgan fingerprint density at radius 1 is 1.47 bits per heavy atom. The van der Waals surface area contributed by atoms with Crippen LogP contribution in [-0.4, -0.2) is 18.2 Å².